The first kappa shape index (κ1) is 10.6. The summed E-state index contributed by atoms with van der Waals surface area (Å²) in [4.78, 5) is 0. The van der Waals surface area contributed by atoms with Crippen LogP contribution in [0.1, 0.15) is 11.7 Å². The molecule has 1 heterocycles. The van der Waals surface area contributed by atoms with E-state index in [9.17, 15) is 0 Å². The van der Waals surface area contributed by atoms with Gasteiger partial charge in [-0.1, -0.05) is 31.9 Å². The van der Waals surface area contributed by atoms with Gasteiger partial charge in [0, 0.05) is 16.1 Å². The summed E-state index contributed by atoms with van der Waals surface area (Å²) >= 11 is 6.90. The highest BCUT2D eigenvalue weighted by molar-refractivity contribution is 9.11. The zero-order chi connectivity index (χ0) is 10.1. The summed E-state index contributed by atoms with van der Waals surface area (Å²) in [6.07, 6.45) is 0.421. The van der Waals surface area contributed by atoms with Crippen LogP contribution in [0.25, 0.3) is 0 Å². The van der Waals surface area contributed by atoms with Gasteiger partial charge in [0.1, 0.15) is 12.2 Å². The van der Waals surface area contributed by atoms with Crippen LogP contribution in [-0.4, -0.2) is 19.8 Å². The quantitative estimate of drug-likeness (QED) is 0.797. The zero-order valence-corrected chi connectivity index (χ0v) is 10.8. The summed E-state index contributed by atoms with van der Waals surface area (Å²) in [6, 6.07) is 6.16. The van der Waals surface area contributed by atoms with Crippen LogP contribution in [0.3, 0.4) is 0 Å². The molecule has 1 saturated heterocycles. The lowest BCUT2D eigenvalue weighted by atomic mass is 10.1. The Morgan fingerprint density at radius 3 is 2.50 bits per heavy atom. The minimum Gasteiger partial charge on any atom is -0.382 e. The molecule has 14 heavy (non-hydrogen) atoms. The van der Waals surface area contributed by atoms with Crippen LogP contribution in [0.5, 0.6) is 0 Å². The van der Waals surface area contributed by atoms with Gasteiger partial charge in [0.2, 0.25) is 0 Å². The van der Waals surface area contributed by atoms with Crippen LogP contribution in [0, 0.1) is 0 Å². The molecule has 0 amide bonds. The van der Waals surface area contributed by atoms with Gasteiger partial charge < -0.3 is 9.47 Å². The van der Waals surface area contributed by atoms with E-state index in [-0.39, 0.29) is 12.2 Å². The maximum Gasteiger partial charge on any atom is 0.112 e. The molecule has 0 radical (unpaired) electrons. The van der Waals surface area contributed by atoms with Gasteiger partial charge in [0.15, 0.2) is 0 Å². The second-order valence-electron chi connectivity index (χ2n) is 3.25. The molecule has 0 bridgehead atoms. The largest absolute Gasteiger partial charge is 0.382 e. The lowest BCUT2D eigenvalue weighted by Gasteiger charge is -1.99. The van der Waals surface area contributed by atoms with E-state index in [2.05, 4.69) is 44.0 Å². The average Bonchev–Trinajstić information content (AvgIpc) is 2.82. The van der Waals surface area contributed by atoms with Crippen molar-refractivity contribution in [3.8, 4) is 0 Å². The Labute approximate surface area is 99.8 Å². The van der Waals surface area contributed by atoms with Crippen molar-refractivity contribution < 1.29 is 9.47 Å². The lowest BCUT2D eigenvalue weighted by Crippen LogP contribution is -1.98. The van der Waals surface area contributed by atoms with Crippen molar-refractivity contribution in [2.45, 2.75) is 12.2 Å². The van der Waals surface area contributed by atoms with Crippen LogP contribution in [0.15, 0.2) is 27.1 Å². The maximum absolute atomic E-state index is 5.49. The lowest BCUT2D eigenvalue weighted by molar-refractivity contribution is 0.171. The highest BCUT2D eigenvalue weighted by atomic mass is 79.9. The summed E-state index contributed by atoms with van der Waals surface area (Å²) in [7, 11) is 1.69. The molecule has 1 fully saturated rings. The van der Waals surface area contributed by atoms with Gasteiger partial charge in [0.05, 0.1) is 6.61 Å². The molecule has 0 spiro atoms. The zero-order valence-electron chi connectivity index (χ0n) is 7.67. The molecule has 76 valence electrons. The maximum atomic E-state index is 5.49. The highest BCUT2D eigenvalue weighted by Crippen LogP contribution is 2.40. The third-order valence-corrected chi connectivity index (χ3v) is 3.04. The fraction of sp³-hybridized carbons (Fsp3) is 0.400. The van der Waals surface area contributed by atoms with E-state index in [0.29, 0.717) is 6.61 Å². The molecule has 1 aromatic carbocycles. The fourth-order valence-corrected chi connectivity index (χ4v) is 2.80. The minimum atomic E-state index is 0.198. The summed E-state index contributed by atoms with van der Waals surface area (Å²) in [5.74, 6) is 0. The first-order valence-electron chi connectivity index (χ1n) is 4.31. The number of methoxy groups -OCH3 is 1. The Bertz CT molecular complexity index is 321. The van der Waals surface area contributed by atoms with E-state index in [1.54, 1.807) is 7.11 Å². The van der Waals surface area contributed by atoms with E-state index in [0.717, 1.165) is 8.95 Å². The topological polar surface area (TPSA) is 21.8 Å². The van der Waals surface area contributed by atoms with Crippen molar-refractivity contribution in [2.75, 3.05) is 13.7 Å². The summed E-state index contributed by atoms with van der Waals surface area (Å²) in [6.45, 7) is 0.662. The predicted molar refractivity (Wildman–Crippen MR) is 61.3 cm³/mol. The SMILES string of the molecule is COC[C@@H]1O[C@H]1c1cc(Br)cc(Br)c1. The molecule has 4 heteroatoms. The molecule has 0 aliphatic carbocycles. The van der Waals surface area contributed by atoms with Gasteiger partial charge in [0.25, 0.3) is 0 Å². The number of epoxide rings is 1. The molecule has 2 atom stereocenters. The second-order valence-corrected chi connectivity index (χ2v) is 5.08. The molecule has 2 rings (SSSR count). The van der Waals surface area contributed by atoms with Gasteiger partial charge in [-0.3, -0.25) is 0 Å². The van der Waals surface area contributed by atoms with Gasteiger partial charge in [-0.05, 0) is 23.8 Å². The van der Waals surface area contributed by atoms with Gasteiger partial charge in [-0.2, -0.15) is 0 Å². The first-order chi connectivity index (χ1) is 6.70. The summed E-state index contributed by atoms with van der Waals surface area (Å²) in [5, 5.41) is 0. The van der Waals surface area contributed by atoms with Gasteiger partial charge in [-0.15, -0.1) is 0 Å². The smallest absolute Gasteiger partial charge is 0.112 e. The first-order valence-corrected chi connectivity index (χ1v) is 5.89. The molecule has 0 unspecified atom stereocenters. The molecule has 1 aromatic rings. The molecular weight excluding hydrogens is 312 g/mol. The van der Waals surface area contributed by atoms with Crippen LogP contribution < -0.4 is 0 Å². The second kappa shape index (κ2) is 4.31. The third kappa shape index (κ3) is 2.37. The van der Waals surface area contributed by atoms with Crippen molar-refractivity contribution in [3.63, 3.8) is 0 Å². The van der Waals surface area contributed by atoms with E-state index < -0.39 is 0 Å². The Hall–Kier alpha value is 0.1000. The molecule has 0 aromatic heterocycles. The Morgan fingerprint density at radius 1 is 1.29 bits per heavy atom. The average molecular weight is 322 g/mol. The van der Waals surface area contributed by atoms with Gasteiger partial charge in [-0.25, -0.2) is 0 Å². The Balaban J connectivity index is 2.11. The van der Waals surface area contributed by atoms with Crippen molar-refractivity contribution in [1.82, 2.24) is 0 Å². The van der Waals surface area contributed by atoms with Crippen LogP contribution in [-0.2, 0) is 9.47 Å². The standard InChI is InChI=1S/C10H10Br2O2/c1-13-5-9-10(14-9)6-2-7(11)4-8(12)3-6/h2-4,9-10H,5H2,1H3/t9-,10-/m0/s1. The highest BCUT2D eigenvalue weighted by Gasteiger charge is 2.40. The Kier molecular flexibility index (Phi) is 3.27. The van der Waals surface area contributed by atoms with Crippen LogP contribution in [0.2, 0.25) is 0 Å². The van der Waals surface area contributed by atoms with Crippen LogP contribution in [0.4, 0.5) is 0 Å². The molecule has 2 nitrogen and oxygen atoms in total. The molecule has 1 aliphatic heterocycles. The van der Waals surface area contributed by atoms with Crippen LogP contribution >= 0.6 is 31.9 Å². The molecular formula is C10H10Br2O2. The van der Waals surface area contributed by atoms with Crippen molar-refractivity contribution in [2.24, 2.45) is 0 Å². The van der Waals surface area contributed by atoms with E-state index in [1.807, 2.05) is 6.07 Å². The molecule has 0 saturated carbocycles. The number of hydrogen-bond donors (Lipinski definition) is 0. The van der Waals surface area contributed by atoms with Gasteiger partial charge >= 0.3 is 0 Å². The summed E-state index contributed by atoms with van der Waals surface area (Å²) in [5.41, 5.74) is 1.19. The van der Waals surface area contributed by atoms with Crippen molar-refractivity contribution in [3.05, 3.63) is 32.7 Å². The number of rotatable bonds is 3. The fourth-order valence-electron chi connectivity index (χ4n) is 1.47. The van der Waals surface area contributed by atoms with E-state index in [1.165, 1.54) is 5.56 Å². The minimum absolute atomic E-state index is 0.198. The normalized spacial score (nSPS) is 25.1. The van der Waals surface area contributed by atoms with Crippen molar-refractivity contribution >= 4 is 31.9 Å². The predicted octanol–water partition coefficient (Wildman–Crippen LogP) is 3.30. The molecule has 0 N–H and O–H groups in total. The Morgan fingerprint density at radius 2 is 1.93 bits per heavy atom. The monoisotopic (exact) mass is 320 g/mol. The van der Waals surface area contributed by atoms with E-state index in [4.69, 9.17) is 9.47 Å². The summed E-state index contributed by atoms with van der Waals surface area (Å²) < 4.78 is 12.6. The number of benzene rings is 1. The number of hydrogen-bond acceptors (Lipinski definition) is 2. The molecule has 1 aliphatic rings. The third-order valence-electron chi connectivity index (χ3n) is 2.13. The van der Waals surface area contributed by atoms with E-state index >= 15 is 0 Å². The van der Waals surface area contributed by atoms with Crippen molar-refractivity contribution in [1.29, 1.82) is 0 Å². The number of halogens is 2. The number of ether oxygens (including phenoxy) is 2.